The lowest BCUT2D eigenvalue weighted by Crippen LogP contribution is -2.46. The molecule has 1 aliphatic heterocycles. The van der Waals surface area contributed by atoms with E-state index in [1.54, 1.807) is 4.57 Å². The van der Waals surface area contributed by atoms with Crippen LogP contribution in [0.3, 0.4) is 0 Å². The number of benzene rings is 1. The highest BCUT2D eigenvalue weighted by molar-refractivity contribution is 5.97. The molecule has 1 aliphatic carbocycles. The number of fused-ring (bicyclic) bond motifs is 2. The number of morpholine rings is 1. The molecule has 1 saturated carbocycles. The van der Waals surface area contributed by atoms with Crippen molar-refractivity contribution in [3.63, 3.8) is 0 Å². The maximum Gasteiger partial charge on any atom is 0.252 e. The fraction of sp³-hybridized carbons (Fsp3) is 0.400. The first-order chi connectivity index (χ1) is 14.4. The highest BCUT2D eigenvalue weighted by atomic mass is 19.1. The summed E-state index contributed by atoms with van der Waals surface area (Å²) >= 11 is 0. The average molecular weight is 418 g/mol. The van der Waals surface area contributed by atoms with Gasteiger partial charge < -0.3 is 25.0 Å². The molecule has 30 heavy (non-hydrogen) atoms. The normalized spacial score (nSPS) is 19.7. The molecule has 0 bridgehead atoms. The second-order valence-corrected chi connectivity index (χ2v) is 7.76. The molecule has 1 unspecified atom stereocenters. The lowest BCUT2D eigenvalue weighted by atomic mass is 10.1. The van der Waals surface area contributed by atoms with Gasteiger partial charge in [-0.2, -0.15) is 0 Å². The van der Waals surface area contributed by atoms with E-state index in [2.05, 4.69) is 4.98 Å². The molecule has 0 spiro atoms. The Labute approximate surface area is 168 Å². The SMILES string of the molecule is NCC1CN(c2c(F)cc3c(=O)c4c(O)[nH]c(=O)cc4n(C4CC4)c3c2F)CCO1. The van der Waals surface area contributed by atoms with E-state index in [4.69, 9.17) is 10.5 Å². The van der Waals surface area contributed by atoms with Crippen molar-refractivity contribution in [2.45, 2.75) is 25.0 Å². The number of ether oxygens (including phenoxy) is 1. The van der Waals surface area contributed by atoms with Crippen molar-refractivity contribution in [2.75, 3.05) is 31.1 Å². The molecule has 10 heteroatoms. The predicted molar refractivity (Wildman–Crippen MR) is 107 cm³/mol. The summed E-state index contributed by atoms with van der Waals surface area (Å²) in [5, 5.41) is 9.84. The maximum atomic E-state index is 15.8. The van der Waals surface area contributed by atoms with E-state index in [0.717, 1.165) is 25.0 Å². The van der Waals surface area contributed by atoms with Gasteiger partial charge in [-0.15, -0.1) is 0 Å². The number of aromatic amines is 1. The Bertz CT molecular complexity index is 1300. The molecule has 2 aromatic heterocycles. The van der Waals surface area contributed by atoms with E-state index in [1.807, 2.05) is 0 Å². The van der Waals surface area contributed by atoms with Gasteiger partial charge in [0, 0.05) is 31.7 Å². The fourth-order valence-electron chi connectivity index (χ4n) is 4.28. The topological polar surface area (TPSA) is 114 Å². The second kappa shape index (κ2) is 6.78. The molecule has 2 aliphatic rings. The summed E-state index contributed by atoms with van der Waals surface area (Å²) in [6, 6.07) is 2.02. The molecule has 3 aromatic rings. The summed E-state index contributed by atoms with van der Waals surface area (Å²) in [5.41, 5.74) is 4.12. The van der Waals surface area contributed by atoms with Crippen LogP contribution >= 0.6 is 0 Å². The van der Waals surface area contributed by atoms with E-state index in [9.17, 15) is 14.7 Å². The summed E-state index contributed by atoms with van der Waals surface area (Å²) in [7, 11) is 0. The number of rotatable bonds is 3. The van der Waals surface area contributed by atoms with Gasteiger partial charge in [0.15, 0.2) is 5.82 Å². The standard InChI is InChI=1S/C20H20F2N4O4/c21-12-5-11-17(16(22)18(12)25-3-4-30-10(7-23)8-25)26(9-1-2-9)13-6-14(27)24-20(29)15(13)19(11)28/h5-6,9-10H,1-4,7-8,23H2,(H2,24,27,29). The van der Waals surface area contributed by atoms with Crippen LogP contribution in [0.5, 0.6) is 5.88 Å². The van der Waals surface area contributed by atoms with Gasteiger partial charge in [0.25, 0.3) is 5.56 Å². The largest absolute Gasteiger partial charge is 0.494 e. The predicted octanol–water partition coefficient (Wildman–Crippen LogP) is 1.33. The fourth-order valence-corrected chi connectivity index (χ4v) is 4.28. The van der Waals surface area contributed by atoms with Crippen molar-refractivity contribution < 1.29 is 18.6 Å². The molecule has 158 valence electrons. The van der Waals surface area contributed by atoms with E-state index in [1.165, 1.54) is 4.90 Å². The highest BCUT2D eigenvalue weighted by Gasteiger charge is 2.33. The van der Waals surface area contributed by atoms with Crippen molar-refractivity contribution >= 4 is 27.5 Å². The zero-order valence-corrected chi connectivity index (χ0v) is 16.0. The molecule has 1 aromatic carbocycles. The zero-order valence-electron chi connectivity index (χ0n) is 16.0. The van der Waals surface area contributed by atoms with Crippen LogP contribution in [0.25, 0.3) is 21.8 Å². The molecule has 5 rings (SSSR count). The quantitative estimate of drug-likeness (QED) is 0.553. The third-order valence-electron chi connectivity index (χ3n) is 5.77. The lowest BCUT2D eigenvalue weighted by Gasteiger charge is -2.34. The van der Waals surface area contributed by atoms with Gasteiger partial charge in [0.2, 0.25) is 11.3 Å². The minimum atomic E-state index is -0.875. The van der Waals surface area contributed by atoms with E-state index in [-0.39, 0.29) is 65.9 Å². The number of aromatic nitrogens is 2. The summed E-state index contributed by atoms with van der Waals surface area (Å²) in [6.07, 6.45) is 1.09. The van der Waals surface area contributed by atoms with Gasteiger partial charge in [-0.25, -0.2) is 8.78 Å². The molecular formula is C20H20F2N4O4. The molecule has 2 fully saturated rings. The van der Waals surface area contributed by atoms with Crippen molar-refractivity contribution in [3.8, 4) is 5.88 Å². The van der Waals surface area contributed by atoms with Gasteiger partial charge in [-0.1, -0.05) is 0 Å². The van der Waals surface area contributed by atoms with Crippen LogP contribution in [0.2, 0.25) is 0 Å². The van der Waals surface area contributed by atoms with Crippen molar-refractivity contribution in [1.29, 1.82) is 0 Å². The maximum absolute atomic E-state index is 15.8. The molecule has 8 nitrogen and oxygen atoms in total. The Kier molecular flexibility index (Phi) is 4.30. The minimum absolute atomic E-state index is 0.0628. The smallest absolute Gasteiger partial charge is 0.252 e. The third-order valence-corrected chi connectivity index (χ3v) is 5.77. The molecule has 1 saturated heterocycles. The summed E-state index contributed by atoms with van der Waals surface area (Å²) in [6.45, 7) is 0.983. The number of H-pyrrole nitrogens is 1. The number of hydrogen-bond donors (Lipinski definition) is 3. The van der Waals surface area contributed by atoms with Crippen LogP contribution in [-0.2, 0) is 4.74 Å². The Hall–Kier alpha value is -2.98. The van der Waals surface area contributed by atoms with Crippen molar-refractivity contribution in [3.05, 3.63) is 44.3 Å². The van der Waals surface area contributed by atoms with Crippen LogP contribution in [0, 0.1) is 11.6 Å². The average Bonchev–Trinajstić information content (AvgIpc) is 3.54. The molecule has 4 N–H and O–H groups in total. The first kappa shape index (κ1) is 19.0. The van der Waals surface area contributed by atoms with Gasteiger partial charge in [-0.05, 0) is 18.9 Å². The second-order valence-electron chi connectivity index (χ2n) is 7.76. The Balaban J connectivity index is 1.87. The molecule has 0 radical (unpaired) electrons. The molecule has 0 amide bonds. The number of pyridine rings is 2. The Morgan fingerprint density at radius 2 is 2.03 bits per heavy atom. The van der Waals surface area contributed by atoms with Gasteiger partial charge in [0.05, 0.1) is 29.1 Å². The van der Waals surface area contributed by atoms with Gasteiger partial charge >= 0.3 is 0 Å². The van der Waals surface area contributed by atoms with Gasteiger partial charge in [-0.3, -0.25) is 14.6 Å². The number of hydrogen-bond acceptors (Lipinski definition) is 6. The first-order valence-corrected chi connectivity index (χ1v) is 9.79. The monoisotopic (exact) mass is 418 g/mol. The van der Waals surface area contributed by atoms with E-state index in [0.29, 0.717) is 0 Å². The Morgan fingerprint density at radius 3 is 2.73 bits per heavy atom. The number of nitrogens with zero attached hydrogens (tertiary/aromatic N) is 2. The Morgan fingerprint density at radius 1 is 1.27 bits per heavy atom. The van der Waals surface area contributed by atoms with Crippen molar-refractivity contribution in [1.82, 2.24) is 9.55 Å². The highest BCUT2D eigenvalue weighted by Crippen LogP contribution is 2.42. The van der Waals surface area contributed by atoms with Crippen LogP contribution in [0.1, 0.15) is 18.9 Å². The summed E-state index contributed by atoms with van der Waals surface area (Å²) in [5.74, 6) is -2.35. The van der Waals surface area contributed by atoms with Crippen LogP contribution in [0.4, 0.5) is 14.5 Å². The number of aromatic hydroxyl groups is 1. The summed E-state index contributed by atoms with van der Waals surface area (Å²) in [4.78, 5) is 28.7. The molecular weight excluding hydrogens is 398 g/mol. The minimum Gasteiger partial charge on any atom is -0.494 e. The van der Waals surface area contributed by atoms with Crippen molar-refractivity contribution in [2.24, 2.45) is 5.73 Å². The first-order valence-electron chi connectivity index (χ1n) is 9.79. The third kappa shape index (κ3) is 2.78. The van der Waals surface area contributed by atoms with Crippen LogP contribution < -0.4 is 21.6 Å². The van der Waals surface area contributed by atoms with E-state index < -0.39 is 28.5 Å². The number of halogens is 2. The van der Waals surface area contributed by atoms with Crippen LogP contribution in [-0.4, -0.2) is 47.0 Å². The van der Waals surface area contributed by atoms with Gasteiger partial charge in [0.1, 0.15) is 16.9 Å². The number of anilines is 1. The molecule has 1 atom stereocenters. The number of nitrogens with one attached hydrogen (secondary N) is 1. The van der Waals surface area contributed by atoms with Crippen LogP contribution in [0.15, 0.2) is 21.7 Å². The number of nitrogens with two attached hydrogens (primary N) is 1. The lowest BCUT2D eigenvalue weighted by molar-refractivity contribution is 0.0461. The van der Waals surface area contributed by atoms with E-state index >= 15 is 8.78 Å². The zero-order chi connectivity index (χ0) is 21.2. The summed E-state index contributed by atoms with van der Waals surface area (Å²) < 4.78 is 37.9. The molecule has 3 heterocycles.